The summed E-state index contributed by atoms with van der Waals surface area (Å²) >= 11 is 0. The van der Waals surface area contributed by atoms with E-state index in [0.29, 0.717) is 5.92 Å². The summed E-state index contributed by atoms with van der Waals surface area (Å²) in [6.07, 6.45) is 2.84. The van der Waals surface area contributed by atoms with E-state index in [-0.39, 0.29) is 6.61 Å². The molecule has 2 N–H and O–H groups in total. The topological polar surface area (TPSA) is 40.5 Å². The van der Waals surface area contributed by atoms with Crippen LogP contribution in [-0.2, 0) is 0 Å². The lowest BCUT2D eigenvalue weighted by molar-refractivity contribution is 0.0199. The molecule has 11 heavy (non-hydrogen) atoms. The molecule has 0 aromatic carbocycles. The fourth-order valence-corrected chi connectivity index (χ4v) is 0.916. The van der Waals surface area contributed by atoms with E-state index < -0.39 is 5.60 Å². The van der Waals surface area contributed by atoms with Gasteiger partial charge in [-0.3, -0.25) is 0 Å². The molecule has 2 heteroatoms. The predicted molar refractivity (Wildman–Crippen MR) is 46.4 cm³/mol. The molecule has 0 aromatic heterocycles. The molecule has 0 aromatic rings. The highest BCUT2D eigenvalue weighted by atomic mass is 16.3. The fourth-order valence-electron chi connectivity index (χ4n) is 0.916. The third-order valence-electron chi connectivity index (χ3n) is 2.25. The standard InChI is InChI=1S/C9H20O2/c1-8(9(2,3)11)6-4-5-7-10/h8,10-11H,4-7H2,1-3H3/t8-/m0/s1. The highest BCUT2D eigenvalue weighted by Crippen LogP contribution is 2.20. The van der Waals surface area contributed by atoms with E-state index in [1.807, 2.05) is 20.8 Å². The first-order valence-corrected chi connectivity index (χ1v) is 4.31. The largest absolute Gasteiger partial charge is 0.396 e. The quantitative estimate of drug-likeness (QED) is 0.599. The van der Waals surface area contributed by atoms with Crippen LogP contribution in [0.3, 0.4) is 0 Å². The van der Waals surface area contributed by atoms with Gasteiger partial charge in [0.25, 0.3) is 0 Å². The van der Waals surface area contributed by atoms with Gasteiger partial charge in [-0.25, -0.2) is 0 Å². The van der Waals surface area contributed by atoms with E-state index in [9.17, 15) is 5.11 Å². The summed E-state index contributed by atoms with van der Waals surface area (Å²) in [5.41, 5.74) is -0.574. The van der Waals surface area contributed by atoms with Gasteiger partial charge in [-0.2, -0.15) is 0 Å². The number of hydrogen-bond donors (Lipinski definition) is 2. The maximum Gasteiger partial charge on any atom is 0.0617 e. The molecule has 1 atom stereocenters. The number of rotatable bonds is 5. The maximum atomic E-state index is 9.52. The van der Waals surface area contributed by atoms with Crippen LogP contribution in [0, 0.1) is 5.92 Å². The average molecular weight is 160 g/mol. The Bertz CT molecular complexity index is 94.2. The lowest BCUT2D eigenvalue weighted by Gasteiger charge is -2.25. The molecule has 0 fully saturated rings. The molecule has 0 spiro atoms. The van der Waals surface area contributed by atoms with Crippen molar-refractivity contribution < 1.29 is 10.2 Å². The summed E-state index contributed by atoms with van der Waals surface area (Å²) in [5, 5.41) is 18.0. The minimum absolute atomic E-state index is 0.262. The summed E-state index contributed by atoms with van der Waals surface area (Å²) in [6.45, 7) is 5.96. The Labute approximate surface area is 69.2 Å². The number of unbranched alkanes of at least 4 members (excludes halogenated alkanes) is 1. The molecule has 0 aliphatic heterocycles. The van der Waals surface area contributed by atoms with Gasteiger partial charge >= 0.3 is 0 Å². The van der Waals surface area contributed by atoms with Crippen molar-refractivity contribution in [1.29, 1.82) is 0 Å². The van der Waals surface area contributed by atoms with Crippen LogP contribution in [0.15, 0.2) is 0 Å². The van der Waals surface area contributed by atoms with Gasteiger partial charge < -0.3 is 10.2 Å². The van der Waals surface area contributed by atoms with Crippen LogP contribution in [-0.4, -0.2) is 22.4 Å². The van der Waals surface area contributed by atoms with Gasteiger partial charge in [-0.1, -0.05) is 13.3 Å². The second-order valence-corrected chi connectivity index (χ2v) is 3.77. The Morgan fingerprint density at radius 1 is 1.27 bits per heavy atom. The molecular formula is C9H20O2. The summed E-state index contributed by atoms with van der Waals surface area (Å²) in [7, 11) is 0. The molecule has 0 unspecified atom stereocenters. The second-order valence-electron chi connectivity index (χ2n) is 3.77. The first-order chi connectivity index (χ1) is 4.98. The summed E-state index contributed by atoms with van der Waals surface area (Å²) in [5.74, 6) is 0.314. The molecule has 0 amide bonds. The summed E-state index contributed by atoms with van der Waals surface area (Å²) in [4.78, 5) is 0. The third kappa shape index (κ3) is 5.22. The van der Waals surface area contributed by atoms with Gasteiger partial charge in [-0.15, -0.1) is 0 Å². The van der Waals surface area contributed by atoms with Crippen LogP contribution in [0.1, 0.15) is 40.0 Å². The van der Waals surface area contributed by atoms with Crippen LogP contribution in [0.4, 0.5) is 0 Å². The van der Waals surface area contributed by atoms with Crippen LogP contribution in [0.2, 0.25) is 0 Å². The van der Waals surface area contributed by atoms with E-state index in [1.165, 1.54) is 0 Å². The van der Waals surface area contributed by atoms with Crippen molar-refractivity contribution in [2.24, 2.45) is 5.92 Å². The lowest BCUT2D eigenvalue weighted by Crippen LogP contribution is -2.28. The monoisotopic (exact) mass is 160 g/mol. The molecule has 0 saturated heterocycles. The van der Waals surface area contributed by atoms with Crippen LogP contribution in [0.5, 0.6) is 0 Å². The molecule has 0 radical (unpaired) electrons. The van der Waals surface area contributed by atoms with Gasteiger partial charge in [0.1, 0.15) is 0 Å². The van der Waals surface area contributed by atoms with Crippen molar-refractivity contribution >= 4 is 0 Å². The predicted octanol–water partition coefficient (Wildman–Crippen LogP) is 1.56. The molecule has 68 valence electrons. The zero-order valence-corrected chi connectivity index (χ0v) is 7.80. The highest BCUT2D eigenvalue weighted by Gasteiger charge is 2.20. The molecule has 0 bridgehead atoms. The van der Waals surface area contributed by atoms with E-state index in [2.05, 4.69) is 0 Å². The molecule has 0 aliphatic carbocycles. The first kappa shape index (κ1) is 10.9. The molecule has 0 rings (SSSR count). The number of hydrogen-bond acceptors (Lipinski definition) is 2. The number of aliphatic hydroxyl groups is 2. The van der Waals surface area contributed by atoms with Crippen LogP contribution >= 0.6 is 0 Å². The molecule has 0 aliphatic rings. The van der Waals surface area contributed by atoms with Crippen molar-refractivity contribution in [2.45, 2.75) is 45.6 Å². The third-order valence-corrected chi connectivity index (χ3v) is 2.25. The summed E-state index contributed by atoms with van der Waals surface area (Å²) < 4.78 is 0. The van der Waals surface area contributed by atoms with E-state index >= 15 is 0 Å². The van der Waals surface area contributed by atoms with Crippen molar-refractivity contribution in [3.63, 3.8) is 0 Å². The van der Waals surface area contributed by atoms with Crippen LogP contribution < -0.4 is 0 Å². The summed E-state index contributed by atoms with van der Waals surface area (Å²) in [6, 6.07) is 0. The first-order valence-electron chi connectivity index (χ1n) is 4.31. The van der Waals surface area contributed by atoms with Gasteiger partial charge in [0, 0.05) is 6.61 Å². The maximum absolute atomic E-state index is 9.52. The minimum atomic E-state index is -0.574. The number of aliphatic hydroxyl groups excluding tert-OH is 1. The SMILES string of the molecule is C[C@@H](CCCCO)C(C)(C)O. The normalized spacial score (nSPS) is 15.0. The fraction of sp³-hybridized carbons (Fsp3) is 1.00. The van der Waals surface area contributed by atoms with Crippen molar-refractivity contribution in [3.05, 3.63) is 0 Å². The Balaban J connectivity index is 3.44. The molecule has 0 saturated carbocycles. The van der Waals surface area contributed by atoms with Crippen LogP contribution in [0.25, 0.3) is 0 Å². The van der Waals surface area contributed by atoms with Crippen molar-refractivity contribution in [2.75, 3.05) is 6.61 Å². The Morgan fingerprint density at radius 3 is 2.18 bits per heavy atom. The van der Waals surface area contributed by atoms with Crippen molar-refractivity contribution in [1.82, 2.24) is 0 Å². The molecule has 0 heterocycles. The molecular weight excluding hydrogens is 140 g/mol. The van der Waals surface area contributed by atoms with E-state index in [1.54, 1.807) is 0 Å². The highest BCUT2D eigenvalue weighted by molar-refractivity contribution is 4.72. The van der Waals surface area contributed by atoms with E-state index in [4.69, 9.17) is 5.11 Å². The second kappa shape index (κ2) is 4.73. The molecule has 2 nitrogen and oxygen atoms in total. The lowest BCUT2D eigenvalue weighted by atomic mass is 9.88. The minimum Gasteiger partial charge on any atom is -0.396 e. The van der Waals surface area contributed by atoms with Gasteiger partial charge in [-0.05, 0) is 32.6 Å². The van der Waals surface area contributed by atoms with Gasteiger partial charge in [0.2, 0.25) is 0 Å². The van der Waals surface area contributed by atoms with E-state index in [0.717, 1.165) is 19.3 Å². The zero-order chi connectivity index (χ0) is 8.91. The van der Waals surface area contributed by atoms with Gasteiger partial charge in [0.15, 0.2) is 0 Å². The Kier molecular flexibility index (Phi) is 4.69. The average Bonchev–Trinajstić information content (AvgIpc) is 1.86. The zero-order valence-electron chi connectivity index (χ0n) is 7.80. The Morgan fingerprint density at radius 2 is 1.82 bits per heavy atom. The Hall–Kier alpha value is -0.0800. The smallest absolute Gasteiger partial charge is 0.0617 e. The van der Waals surface area contributed by atoms with Gasteiger partial charge in [0.05, 0.1) is 5.60 Å². The van der Waals surface area contributed by atoms with Crippen molar-refractivity contribution in [3.8, 4) is 0 Å².